The smallest absolute Gasteiger partial charge is 0.267 e. The highest BCUT2D eigenvalue weighted by Gasteiger charge is 2.27. The lowest BCUT2D eigenvalue weighted by Crippen LogP contribution is -2.18. The van der Waals surface area contributed by atoms with Gasteiger partial charge >= 0.3 is 0 Å². The van der Waals surface area contributed by atoms with Gasteiger partial charge in [-0.2, -0.15) is 0 Å². The summed E-state index contributed by atoms with van der Waals surface area (Å²) in [5.41, 5.74) is 3.10. The zero-order chi connectivity index (χ0) is 19.8. The largest absolute Gasteiger partial charge is 0.336 e. The van der Waals surface area contributed by atoms with Gasteiger partial charge in [-0.3, -0.25) is 4.79 Å². The number of benzene rings is 1. The second-order valence-electron chi connectivity index (χ2n) is 5.90. The van der Waals surface area contributed by atoms with Crippen LogP contribution >= 0.6 is 27.3 Å². The van der Waals surface area contributed by atoms with Crippen LogP contribution in [0.4, 0.5) is 11.6 Å². The molecule has 10 heteroatoms. The van der Waals surface area contributed by atoms with Gasteiger partial charge in [0.15, 0.2) is 0 Å². The summed E-state index contributed by atoms with van der Waals surface area (Å²) in [4.78, 5) is 12.6. The number of halogens is 1. The molecule has 3 rings (SSSR count). The lowest BCUT2D eigenvalue weighted by molar-refractivity contribution is 0.102. The molecule has 0 radical (unpaired) electrons. The molecule has 0 aliphatic rings. The Labute approximate surface area is 169 Å². The third-order valence-electron chi connectivity index (χ3n) is 3.77. The molecule has 1 aromatic carbocycles. The quantitative estimate of drug-likeness (QED) is 0.573. The summed E-state index contributed by atoms with van der Waals surface area (Å²) in [6.07, 6.45) is 0. The number of amides is 1. The number of sulfonamides is 1. The number of thiophene rings is 1. The molecular weight excluding hydrogens is 454 g/mol. The molecule has 0 aliphatic carbocycles. The van der Waals surface area contributed by atoms with E-state index < -0.39 is 15.9 Å². The van der Waals surface area contributed by atoms with Crippen LogP contribution in [0, 0.1) is 20.8 Å². The molecule has 0 aliphatic heterocycles. The number of rotatable bonds is 5. The standard InChI is InChI=1S/C17H16BrN3O4S2/c1-9-4-5-12(10(2)8-9)19-16(22)15-13(6-7-26-15)27(23,24)21-17-14(18)11(3)20-25-17/h4-8,21H,1-3H3,(H,19,22). The summed E-state index contributed by atoms with van der Waals surface area (Å²) in [6.45, 7) is 5.50. The van der Waals surface area contributed by atoms with Gasteiger partial charge in [0.05, 0.1) is 5.69 Å². The predicted molar refractivity (Wildman–Crippen MR) is 108 cm³/mol. The van der Waals surface area contributed by atoms with Gasteiger partial charge in [0, 0.05) is 5.69 Å². The molecule has 0 unspecified atom stereocenters. The summed E-state index contributed by atoms with van der Waals surface area (Å²) < 4.78 is 33.1. The number of aryl methyl sites for hydroxylation is 3. The second-order valence-corrected chi connectivity index (χ2v) is 9.26. The molecule has 0 bridgehead atoms. The van der Waals surface area contributed by atoms with Crippen LogP contribution in [0.2, 0.25) is 0 Å². The number of nitrogens with zero attached hydrogens (tertiary/aromatic N) is 1. The van der Waals surface area contributed by atoms with Gasteiger partial charge in [-0.15, -0.1) is 11.3 Å². The molecule has 1 amide bonds. The summed E-state index contributed by atoms with van der Waals surface area (Å²) >= 11 is 4.26. The van der Waals surface area contributed by atoms with Crippen molar-refractivity contribution in [3.05, 3.63) is 55.8 Å². The van der Waals surface area contributed by atoms with E-state index in [1.54, 1.807) is 18.4 Å². The van der Waals surface area contributed by atoms with Crippen molar-refractivity contribution in [1.29, 1.82) is 0 Å². The van der Waals surface area contributed by atoms with E-state index in [1.165, 1.54) is 6.07 Å². The number of carbonyl (C=O) groups is 1. The molecule has 0 saturated carbocycles. The third kappa shape index (κ3) is 4.07. The van der Waals surface area contributed by atoms with Gasteiger partial charge in [0.25, 0.3) is 21.8 Å². The van der Waals surface area contributed by atoms with Crippen LogP contribution in [0.1, 0.15) is 26.5 Å². The molecule has 3 aromatic rings. The first-order valence-electron chi connectivity index (χ1n) is 7.79. The monoisotopic (exact) mass is 469 g/mol. The maximum absolute atomic E-state index is 12.7. The van der Waals surface area contributed by atoms with E-state index in [4.69, 9.17) is 4.52 Å². The maximum atomic E-state index is 12.7. The number of aromatic nitrogens is 1. The Morgan fingerprint density at radius 3 is 2.59 bits per heavy atom. The van der Waals surface area contributed by atoms with E-state index in [0.717, 1.165) is 22.5 Å². The van der Waals surface area contributed by atoms with Crippen LogP contribution in [0.25, 0.3) is 0 Å². The zero-order valence-electron chi connectivity index (χ0n) is 14.7. The second kappa shape index (κ2) is 7.45. The van der Waals surface area contributed by atoms with Gasteiger partial charge in [-0.05, 0) is 59.8 Å². The van der Waals surface area contributed by atoms with E-state index in [0.29, 0.717) is 15.9 Å². The van der Waals surface area contributed by atoms with Crippen LogP contribution in [-0.4, -0.2) is 19.5 Å². The van der Waals surface area contributed by atoms with Gasteiger partial charge < -0.3 is 9.84 Å². The SMILES string of the molecule is Cc1ccc(NC(=O)c2sccc2S(=O)(=O)Nc2onc(C)c2Br)c(C)c1. The third-order valence-corrected chi connectivity index (χ3v) is 7.12. The Kier molecular flexibility index (Phi) is 5.41. The zero-order valence-corrected chi connectivity index (χ0v) is 17.9. The fraction of sp³-hybridized carbons (Fsp3) is 0.176. The van der Waals surface area contributed by atoms with Crippen molar-refractivity contribution in [3.8, 4) is 0 Å². The van der Waals surface area contributed by atoms with Crippen molar-refractivity contribution in [3.63, 3.8) is 0 Å². The van der Waals surface area contributed by atoms with Crippen LogP contribution in [0.5, 0.6) is 0 Å². The Bertz CT molecular complexity index is 1120. The van der Waals surface area contributed by atoms with E-state index in [2.05, 4.69) is 31.1 Å². The molecule has 0 saturated heterocycles. The van der Waals surface area contributed by atoms with Crippen LogP contribution in [-0.2, 0) is 10.0 Å². The van der Waals surface area contributed by atoms with Crippen LogP contribution < -0.4 is 10.0 Å². The fourth-order valence-corrected chi connectivity index (χ4v) is 5.10. The predicted octanol–water partition coefficient (Wildman–Crippen LogP) is 4.48. The lowest BCUT2D eigenvalue weighted by atomic mass is 10.1. The number of hydrogen-bond donors (Lipinski definition) is 2. The summed E-state index contributed by atoms with van der Waals surface area (Å²) in [5.74, 6) is -0.537. The Balaban J connectivity index is 1.88. The van der Waals surface area contributed by atoms with Crippen LogP contribution in [0.3, 0.4) is 0 Å². The normalized spacial score (nSPS) is 11.4. The Morgan fingerprint density at radius 1 is 1.22 bits per heavy atom. The average Bonchev–Trinajstić information content (AvgIpc) is 3.20. The Morgan fingerprint density at radius 2 is 1.96 bits per heavy atom. The Hall–Kier alpha value is -2.17. The first-order chi connectivity index (χ1) is 12.7. The average molecular weight is 470 g/mol. The number of carbonyl (C=O) groups excluding carboxylic acids is 1. The van der Waals surface area contributed by atoms with Crippen molar-refractivity contribution in [2.75, 3.05) is 10.0 Å². The molecule has 27 heavy (non-hydrogen) atoms. The number of hydrogen-bond acceptors (Lipinski definition) is 6. The highest BCUT2D eigenvalue weighted by atomic mass is 79.9. The van der Waals surface area contributed by atoms with Crippen molar-refractivity contribution in [1.82, 2.24) is 5.16 Å². The number of anilines is 2. The molecule has 142 valence electrons. The molecule has 0 atom stereocenters. The van der Waals surface area contributed by atoms with Gasteiger partial charge in [-0.1, -0.05) is 22.9 Å². The first kappa shape index (κ1) is 19.6. The van der Waals surface area contributed by atoms with E-state index in [1.807, 2.05) is 26.0 Å². The van der Waals surface area contributed by atoms with Crippen molar-refractivity contribution in [2.24, 2.45) is 0 Å². The topological polar surface area (TPSA) is 101 Å². The molecule has 2 heterocycles. The van der Waals surface area contributed by atoms with E-state index in [9.17, 15) is 13.2 Å². The minimum atomic E-state index is -4.03. The van der Waals surface area contributed by atoms with Crippen LogP contribution in [0.15, 0.2) is 43.5 Å². The first-order valence-corrected chi connectivity index (χ1v) is 11.0. The van der Waals surface area contributed by atoms with E-state index >= 15 is 0 Å². The highest BCUT2D eigenvalue weighted by molar-refractivity contribution is 9.10. The summed E-state index contributed by atoms with van der Waals surface area (Å²) in [6, 6.07) is 6.98. The maximum Gasteiger partial charge on any atom is 0.267 e. The molecule has 2 aromatic heterocycles. The van der Waals surface area contributed by atoms with Crippen molar-refractivity contribution < 1.29 is 17.7 Å². The number of nitrogens with one attached hydrogen (secondary N) is 2. The minimum Gasteiger partial charge on any atom is -0.336 e. The van der Waals surface area contributed by atoms with Crippen molar-refractivity contribution in [2.45, 2.75) is 25.7 Å². The lowest BCUT2D eigenvalue weighted by Gasteiger charge is -2.10. The molecule has 2 N–H and O–H groups in total. The molecule has 7 nitrogen and oxygen atoms in total. The molecule has 0 fully saturated rings. The highest BCUT2D eigenvalue weighted by Crippen LogP contribution is 2.30. The van der Waals surface area contributed by atoms with E-state index in [-0.39, 0.29) is 15.7 Å². The minimum absolute atomic E-state index is 0.0422. The van der Waals surface area contributed by atoms with Gasteiger partial charge in [0.1, 0.15) is 14.2 Å². The van der Waals surface area contributed by atoms with Gasteiger partial charge in [-0.25, -0.2) is 13.1 Å². The summed E-state index contributed by atoms with van der Waals surface area (Å²) in [5, 5.41) is 8.00. The fourth-order valence-electron chi connectivity index (χ4n) is 2.41. The molecule has 0 spiro atoms. The van der Waals surface area contributed by atoms with Gasteiger partial charge in [0.2, 0.25) is 0 Å². The van der Waals surface area contributed by atoms with Crippen molar-refractivity contribution >= 4 is 54.8 Å². The molecular formula is C17H16BrN3O4S2. The summed E-state index contributed by atoms with van der Waals surface area (Å²) in [7, 11) is -4.03.